The van der Waals surface area contributed by atoms with Gasteiger partial charge in [-0.2, -0.15) is 0 Å². The predicted octanol–water partition coefficient (Wildman–Crippen LogP) is 6.40. The van der Waals surface area contributed by atoms with E-state index < -0.39 is 10.8 Å². The molecule has 0 N–H and O–H groups in total. The molecular formula is C27H24ClN4ORuS. The van der Waals surface area contributed by atoms with Crippen molar-refractivity contribution in [1.29, 1.82) is 0 Å². The molecule has 5 aromatic rings. The molecule has 4 aromatic heterocycles. The number of aromatic nitrogens is 4. The SMILES string of the molecule is C[S@@](=O)c1ccccc1.[Cl][Ru].c1ccc(-c2ccccn2)nc1.c1ccc(-c2ccccn2)nc1. The molecule has 0 aliphatic rings. The number of rotatable bonds is 3. The number of nitrogens with zero attached hydrogens (tertiary/aromatic N) is 4. The molecule has 0 radical (unpaired) electrons. The van der Waals surface area contributed by atoms with Gasteiger partial charge in [0.05, 0.1) is 22.8 Å². The van der Waals surface area contributed by atoms with Crippen molar-refractivity contribution in [2.45, 2.75) is 4.90 Å². The molecule has 1 aromatic carbocycles. The predicted molar refractivity (Wildman–Crippen MR) is 140 cm³/mol. The van der Waals surface area contributed by atoms with Crippen molar-refractivity contribution in [1.82, 2.24) is 19.9 Å². The van der Waals surface area contributed by atoms with Crippen molar-refractivity contribution in [3.63, 3.8) is 0 Å². The van der Waals surface area contributed by atoms with Crippen molar-refractivity contribution < 1.29 is 21.5 Å². The average molecular weight is 589 g/mol. The summed E-state index contributed by atoms with van der Waals surface area (Å²) in [6.45, 7) is 0. The van der Waals surface area contributed by atoms with E-state index in [0.717, 1.165) is 27.7 Å². The molecule has 0 saturated carbocycles. The van der Waals surface area contributed by atoms with Crippen LogP contribution in [-0.4, -0.2) is 30.4 Å². The van der Waals surface area contributed by atoms with Crippen LogP contribution in [0.4, 0.5) is 0 Å². The van der Waals surface area contributed by atoms with Gasteiger partial charge >= 0.3 is 27.0 Å². The van der Waals surface area contributed by atoms with Gasteiger partial charge in [-0.25, -0.2) is 0 Å². The number of pyridine rings is 4. The van der Waals surface area contributed by atoms with E-state index in [1.807, 2.05) is 120 Å². The monoisotopic (exact) mass is 589 g/mol. The number of benzene rings is 1. The zero-order valence-electron chi connectivity index (χ0n) is 19.0. The molecule has 0 aliphatic carbocycles. The first-order valence-corrected chi connectivity index (χ1v) is 14.2. The molecule has 179 valence electrons. The van der Waals surface area contributed by atoms with Crippen LogP contribution >= 0.6 is 9.69 Å². The quantitative estimate of drug-likeness (QED) is 0.228. The molecule has 4 heterocycles. The molecule has 0 bridgehead atoms. The van der Waals surface area contributed by atoms with Crippen LogP contribution in [0.1, 0.15) is 0 Å². The van der Waals surface area contributed by atoms with Gasteiger partial charge in [-0.1, -0.05) is 42.5 Å². The maximum atomic E-state index is 10.8. The average Bonchev–Trinajstić information content (AvgIpc) is 2.97. The molecular weight excluding hydrogens is 565 g/mol. The summed E-state index contributed by atoms with van der Waals surface area (Å²) < 4.78 is 10.8. The number of hydrogen-bond donors (Lipinski definition) is 0. The van der Waals surface area contributed by atoms with E-state index in [2.05, 4.69) is 29.6 Å². The maximum absolute atomic E-state index is 10.8. The molecule has 5 nitrogen and oxygen atoms in total. The Morgan fingerprint density at radius 3 is 1.00 bits per heavy atom. The van der Waals surface area contributed by atoms with Gasteiger partial charge in [0.1, 0.15) is 0 Å². The third-order valence-corrected chi connectivity index (χ3v) is 5.20. The van der Waals surface area contributed by atoms with E-state index in [-0.39, 0.29) is 0 Å². The molecule has 0 fully saturated rings. The van der Waals surface area contributed by atoms with Crippen LogP contribution in [0.3, 0.4) is 0 Å². The summed E-state index contributed by atoms with van der Waals surface area (Å²) in [7, 11) is 3.74. The van der Waals surface area contributed by atoms with Crippen LogP contribution in [0.5, 0.6) is 0 Å². The zero-order valence-corrected chi connectivity index (χ0v) is 22.3. The Morgan fingerprint density at radius 1 is 0.514 bits per heavy atom. The smallest absolute Gasteiger partial charge is 0.0886 e. The summed E-state index contributed by atoms with van der Waals surface area (Å²) in [4.78, 5) is 17.6. The second-order valence-corrected chi connectivity index (χ2v) is 8.01. The normalized spacial score (nSPS) is 10.1. The fraction of sp³-hybridized carbons (Fsp3) is 0.0370. The van der Waals surface area contributed by atoms with Gasteiger partial charge in [-0.3, -0.25) is 24.1 Å². The van der Waals surface area contributed by atoms with E-state index in [1.54, 1.807) is 31.0 Å². The molecule has 1 atom stereocenters. The maximum Gasteiger partial charge on any atom is 0.0886 e. The van der Waals surface area contributed by atoms with Gasteiger partial charge in [-0.05, 0) is 60.7 Å². The Kier molecular flexibility index (Phi) is 13.9. The summed E-state index contributed by atoms with van der Waals surface area (Å²) in [6, 6.07) is 32.6. The van der Waals surface area contributed by atoms with E-state index >= 15 is 0 Å². The van der Waals surface area contributed by atoms with Crippen LogP contribution in [-0.2, 0) is 28.1 Å². The van der Waals surface area contributed by atoms with E-state index in [9.17, 15) is 4.21 Å². The Morgan fingerprint density at radius 2 is 0.800 bits per heavy atom. The van der Waals surface area contributed by atoms with Gasteiger partial charge in [0.2, 0.25) is 0 Å². The summed E-state index contributed by atoms with van der Waals surface area (Å²) in [6.07, 6.45) is 8.75. The second-order valence-electron chi connectivity index (χ2n) is 6.63. The minimum absolute atomic E-state index is 0.829. The van der Waals surface area contributed by atoms with Crippen molar-refractivity contribution >= 4 is 20.5 Å². The van der Waals surface area contributed by atoms with Crippen LogP contribution in [0, 0.1) is 0 Å². The third-order valence-electron chi connectivity index (χ3n) is 4.26. The topological polar surface area (TPSA) is 68.6 Å². The van der Waals surface area contributed by atoms with E-state index in [1.165, 1.54) is 0 Å². The molecule has 0 unspecified atom stereocenters. The number of hydrogen-bond acceptors (Lipinski definition) is 5. The summed E-state index contributed by atoms with van der Waals surface area (Å²) in [5.74, 6) is 0. The van der Waals surface area contributed by atoms with Crippen LogP contribution in [0.25, 0.3) is 22.8 Å². The third kappa shape index (κ3) is 10.8. The summed E-state index contributed by atoms with van der Waals surface area (Å²) >= 11 is 1.82. The molecule has 0 aliphatic heterocycles. The van der Waals surface area contributed by atoms with Gasteiger partial charge in [-0.15, -0.1) is 0 Å². The summed E-state index contributed by atoms with van der Waals surface area (Å²) in [5.41, 5.74) is 3.66. The van der Waals surface area contributed by atoms with Crippen molar-refractivity contribution in [3.8, 4) is 22.8 Å². The molecule has 0 spiro atoms. The largest absolute Gasteiger partial charge is 0.255 e. The first kappa shape index (κ1) is 28.1. The second kappa shape index (κ2) is 17.3. The Balaban J connectivity index is 0.000000181. The van der Waals surface area contributed by atoms with Crippen molar-refractivity contribution in [2.24, 2.45) is 0 Å². The minimum atomic E-state index is -0.829. The molecule has 35 heavy (non-hydrogen) atoms. The Labute approximate surface area is 222 Å². The molecule has 0 amide bonds. The van der Waals surface area contributed by atoms with Crippen LogP contribution < -0.4 is 0 Å². The standard InChI is InChI=1S/2C10H8N2.C7H8OS.ClH.Ru/c2*1-3-7-11-9(5-1)10-6-2-4-8-12-10;1-9(8)7-5-3-2-4-6-7;;/h2*1-8H;2-6H,1H3;1H;/q;;;;+1/p-1/t;;9-;;/m..1../s1. The van der Waals surface area contributed by atoms with Crippen LogP contribution in [0.15, 0.2) is 133 Å². The Bertz CT molecular complexity index is 1070. The Hall–Kier alpha value is -3.12. The fourth-order valence-corrected chi connectivity index (χ4v) is 3.21. The first-order chi connectivity index (χ1) is 17.2. The fourth-order valence-electron chi connectivity index (χ4n) is 2.67. The minimum Gasteiger partial charge on any atom is -0.255 e. The van der Waals surface area contributed by atoms with Gasteiger partial charge < -0.3 is 0 Å². The van der Waals surface area contributed by atoms with Gasteiger partial charge in [0, 0.05) is 46.7 Å². The van der Waals surface area contributed by atoms with Gasteiger partial charge in [0.15, 0.2) is 0 Å². The molecule has 0 saturated heterocycles. The van der Waals surface area contributed by atoms with Crippen molar-refractivity contribution in [3.05, 3.63) is 128 Å². The molecule has 8 heteroatoms. The van der Waals surface area contributed by atoms with E-state index in [4.69, 9.17) is 0 Å². The van der Waals surface area contributed by atoms with Crippen molar-refractivity contribution in [2.75, 3.05) is 6.26 Å². The zero-order chi connectivity index (χ0) is 25.1. The molecule has 5 rings (SSSR count). The number of halogens is 1. The van der Waals surface area contributed by atoms with Crippen LogP contribution in [0.2, 0.25) is 0 Å². The summed E-state index contributed by atoms with van der Waals surface area (Å²) in [5, 5.41) is 0. The first-order valence-electron chi connectivity index (χ1n) is 10.4. The van der Waals surface area contributed by atoms with Gasteiger partial charge in [0.25, 0.3) is 0 Å². The van der Waals surface area contributed by atoms with E-state index in [0.29, 0.717) is 0 Å².